The molecule has 26 heavy (non-hydrogen) atoms. The summed E-state index contributed by atoms with van der Waals surface area (Å²) in [5.74, 6) is 0.318. The van der Waals surface area contributed by atoms with Crippen LogP contribution < -0.4 is 4.57 Å². The van der Waals surface area contributed by atoms with Gasteiger partial charge in [-0.25, -0.2) is 4.57 Å². The average Bonchev–Trinajstić information content (AvgIpc) is 2.97. The molecule has 3 heteroatoms. The lowest BCUT2D eigenvalue weighted by molar-refractivity contribution is -0.660. The minimum absolute atomic E-state index is 0.318. The largest absolute Gasteiger partial charge is 0.456 e. The summed E-state index contributed by atoms with van der Waals surface area (Å²) in [5.41, 5.74) is 6.97. The van der Waals surface area contributed by atoms with Crippen molar-refractivity contribution in [3.05, 3.63) is 65.4 Å². The van der Waals surface area contributed by atoms with Gasteiger partial charge in [0.15, 0.2) is 6.20 Å². The minimum atomic E-state index is 0.318. The van der Waals surface area contributed by atoms with Gasteiger partial charge in [0, 0.05) is 22.9 Å². The van der Waals surface area contributed by atoms with Crippen LogP contribution in [0.5, 0.6) is 0 Å². The molecule has 0 aliphatic carbocycles. The maximum Gasteiger partial charge on any atom is 0.212 e. The predicted octanol–water partition coefficient (Wildman–Crippen LogP) is 5.38. The van der Waals surface area contributed by atoms with E-state index in [9.17, 15) is 5.26 Å². The Labute approximate surface area is 153 Å². The summed E-state index contributed by atoms with van der Waals surface area (Å²) < 4.78 is 8.30. The van der Waals surface area contributed by atoms with Crippen LogP contribution >= 0.6 is 0 Å². The molecule has 4 rings (SSSR count). The molecule has 0 atom stereocenters. The van der Waals surface area contributed by atoms with Crippen LogP contribution in [0.2, 0.25) is 0 Å². The zero-order valence-corrected chi connectivity index (χ0v) is 15.5. The number of rotatable bonds is 2. The summed E-state index contributed by atoms with van der Waals surface area (Å²) >= 11 is 0. The summed E-state index contributed by atoms with van der Waals surface area (Å²) in [4.78, 5) is 0. The van der Waals surface area contributed by atoms with E-state index in [2.05, 4.69) is 49.6 Å². The minimum Gasteiger partial charge on any atom is -0.456 e. The van der Waals surface area contributed by atoms with Gasteiger partial charge >= 0.3 is 0 Å². The van der Waals surface area contributed by atoms with Gasteiger partial charge < -0.3 is 4.42 Å². The van der Waals surface area contributed by atoms with E-state index in [0.29, 0.717) is 11.5 Å². The van der Waals surface area contributed by atoms with Gasteiger partial charge in [-0.3, -0.25) is 0 Å². The lowest BCUT2D eigenvalue weighted by Crippen LogP contribution is -2.30. The Kier molecular flexibility index (Phi) is 3.77. The molecule has 0 fully saturated rings. The molecule has 2 aromatic carbocycles. The summed E-state index contributed by atoms with van der Waals surface area (Å²) in [6.45, 7) is 6.44. The number of pyridine rings is 1. The number of aromatic nitrogens is 1. The molecule has 0 N–H and O–H groups in total. The number of hydrogen-bond donors (Lipinski definition) is 0. The molecule has 0 saturated carbocycles. The van der Waals surface area contributed by atoms with E-state index in [1.54, 1.807) is 0 Å². The monoisotopic (exact) mass is 341 g/mol. The molecule has 3 nitrogen and oxygen atoms in total. The van der Waals surface area contributed by atoms with Crippen LogP contribution in [0.15, 0.2) is 53.1 Å². The van der Waals surface area contributed by atoms with E-state index < -0.39 is 0 Å². The van der Waals surface area contributed by atoms with Gasteiger partial charge in [-0.05, 0) is 54.3 Å². The first-order valence-corrected chi connectivity index (χ1v) is 8.85. The van der Waals surface area contributed by atoms with Crippen LogP contribution in [0.25, 0.3) is 33.2 Å². The van der Waals surface area contributed by atoms with Crippen molar-refractivity contribution >= 4 is 21.9 Å². The van der Waals surface area contributed by atoms with E-state index in [-0.39, 0.29) is 0 Å². The average molecular weight is 341 g/mol. The van der Waals surface area contributed by atoms with Gasteiger partial charge in [0.05, 0.1) is 17.2 Å². The number of fused-ring (bicyclic) bond motifs is 3. The Morgan fingerprint density at radius 3 is 2.58 bits per heavy atom. The maximum atomic E-state index is 9.35. The molecular weight excluding hydrogens is 320 g/mol. The second kappa shape index (κ2) is 6.00. The van der Waals surface area contributed by atoms with Crippen molar-refractivity contribution in [3.8, 4) is 17.3 Å². The van der Waals surface area contributed by atoms with Crippen molar-refractivity contribution in [1.82, 2.24) is 0 Å². The van der Waals surface area contributed by atoms with Crippen LogP contribution in [0.1, 0.15) is 36.5 Å². The Hall–Kier alpha value is -3.12. The van der Waals surface area contributed by atoms with Crippen molar-refractivity contribution in [1.29, 1.82) is 5.26 Å². The third kappa shape index (κ3) is 2.46. The van der Waals surface area contributed by atoms with E-state index in [1.807, 2.05) is 37.5 Å². The normalized spacial score (nSPS) is 11.4. The molecule has 2 aromatic heterocycles. The molecule has 0 spiro atoms. The smallest absolute Gasteiger partial charge is 0.212 e. The molecule has 128 valence electrons. The molecule has 0 bridgehead atoms. The first kappa shape index (κ1) is 16.4. The molecule has 0 unspecified atom stereocenters. The lowest BCUT2D eigenvalue weighted by Gasteiger charge is -2.08. The molecule has 0 aliphatic heterocycles. The summed E-state index contributed by atoms with van der Waals surface area (Å²) in [6.07, 6.45) is 2.05. The summed E-state index contributed by atoms with van der Waals surface area (Å²) in [5, 5.41) is 11.6. The van der Waals surface area contributed by atoms with E-state index in [0.717, 1.165) is 38.8 Å². The van der Waals surface area contributed by atoms with Gasteiger partial charge in [0.25, 0.3) is 0 Å². The Balaban J connectivity index is 2.07. The van der Waals surface area contributed by atoms with Crippen molar-refractivity contribution in [2.24, 2.45) is 7.05 Å². The fourth-order valence-corrected chi connectivity index (χ4v) is 3.69. The second-order valence-corrected chi connectivity index (χ2v) is 7.17. The zero-order valence-electron chi connectivity index (χ0n) is 15.5. The van der Waals surface area contributed by atoms with Crippen molar-refractivity contribution < 1.29 is 8.98 Å². The molecule has 2 heterocycles. The van der Waals surface area contributed by atoms with Gasteiger partial charge in [0.2, 0.25) is 5.69 Å². The Morgan fingerprint density at radius 2 is 1.88 bits per heavy atom. The molecule has 4 aromatic rings. The van der Waals surface area contributed by atoms with Crippen molar-refractivity contribution in [2.75, 3.05) is 0 Å². The van der Waals surface area contributed by atoms with Crippen LogP contribution in [-0.4, -0.2) is 0 Å². The first-order valence-electron chi connectivity index (χ1n) is 8.85. The third-order valence-corrected chi connectivity index (χ3v) is 5.03. The van der Waals surface area contributed by atoms with Crippen LogP contribution in [0.3, 0.4) is 0 Å². The van der Waals surface area contributed by atoms with Gasteiger partial charge in [-0.1, -0.05) is 13.8 Å². The van der Waals surface area contributed by atoms with Crippen LogP contribution in [0, 0.1) is 18.3 Å². The van der Waals surface area contributed by atoms with Crippen molar-refractivity contribution in [3.63, 3.8) is 0 Å². The Bertz CT molecular complexity index is 1190. The highest BCUT2D eigenvalue weighted by molar-refractivity contribution is 6.08. The molecule has 0 radical (unpaired) electrons. The first-order chi connectivity index (χ1) is 12.5. The van der Waals surface area contributed by atoms with E-state index >= 15 is 0 Å². The highest BCUT2D eigenvalue weighted by Gasteiger charge is 2.19. The Morgan fingerprint density at radius 1 is 1.08 bits per heavy atom. The zero-order chi connectivity index (χ0) is 18.4. The SMILES string of the molecule is Cc1cc2c(cc1-c1cccc[n+]1C)oc1cc(C#N)cc(C(C)C)c12. The predicted molar refractivity (Wildman–Crippen MR) is 104 cm³/mol. The highest BCUT2D eigenvalue weighted by atomic mass is 16.3. The van der Waals surface area contributed by atoms with E-state index in [1.165, 1.54) is 5.56 Å². The molecular formula is C23H21N2O+. The fourth-order valence-electron chi connectivity index (χ4n) is 3.69. The maximum absolute atomic E-state index is 9.35. The summed E-state index contributed by atoms with van der Waals surface area (Å²) in [6, 6.07) is 16.6. The molecule has 0 aliphatic rings. The van der Waals surface area contributed by atoms with Crippen molar-refractivity contribution in [2.45, 2.75) is 26.7 Å². The quantitative estimate of drug-likeness (QED) is 0.459. The number of benzene rings is 2. The third-order valence-electron chi connectivity index (χ3n) is 5.03. The standard InChI is InChI=1S/C23H21N2O/c1-14(2)17-10-16(13-24)11-22-23(17)19-9-15(3)18(12-21(19)26-22)20-7-5-6-8-25(20)4/h5-12,14H,1-4H3/q+1. The molecule has 0 amide bonds. The topological polar surface area (TPSA) is 40.8 Å². The van der Waals surface area contributed by atoms with Gasteiger partial charge in [-0.2, -0.15) is 5.26 Å². The van der Waals surface area contributed by atoms with Gasteiger partial charge in [0.1, 0.15) is 18.2 Å². The number of furan rings is 1. The number of nitriles is 1. The van der Waals surface area contributed by atoms with E-state index in [4.69, 9.17) is 4.42 Å². The number of nitrogens with zero attached hydrogens (tertiary/aromatic N) is 2. The van der Waals surface area contributed by atoms with Crippen LogP contribution in [0.4, 0.5) is 0 Å². The van der Waals surface area contributed by atoms with Crippen LogP contribution in [-0.2, 0) is 7.05 Å². The number of hydrogen-bond acceptors (Lipinski definition) is 2. The number of aryl methyl sites for hydroxylation is 2. The summed E-state index contributed by atoms with van der Waals surface area (Å²) in [7, 11) is 2.05. The van der Waals surface area contributed by atoms with Gasteiger partial charge in [-0.15, -0.1) is 0 Å². The highest BCUT2D eigenvalue weighted by Crippen LogP contribution is 2.38. The molecule has 0 saturated heterocycles. The lowest BCUT2D eigenvalue weighted by atomic mass is 9.94. The fraction of sp³-hybridized carbons (Fsp3) is 0.217. The second-order valence-electron chi connectivity index (χ2n) is 7.17.